The average Bonchev–Trinajstić information content (AvgIpc) is 2.36. The maximum absolute atomic E-state index is 11.9. The molecule has 0 aliphatic rings. The van der Waals surface area contributed by atoms with Crippen molar-refractivity contribution in [3.63, 3.8) is 0 Å². The van der Waals surface area contributed by atoms with Crippen LogP contribution in [0.1, 0.15) is 46.3 Å². The van der Waals surface area contributed by atoms with Crippen molar-refractivity contribution >= 4 is 11.7 Å². The molecule has 4 heteroatoms. The summed E-state index contributed by atoms with van der Waals surface area (Å²) in [6, 6.07) is 7.00. The quantitative estimate of drug-likeness (QED) is 0.771. The zero-order valence-electron chi connectivity index (χ0n) is 13.0. The second-order valence-corrected chi connectivity index (χ2v) is 6.25. The molecule has 1 atom stereocenters. The fourth-order valence-electron chi connectivity index (χ4n) is 1.56. The van der Waals surface area contributed by atoms with Gasteiger partial charge in [-0.15, -0.1) is 0 Å². The summed E-state index contributed by atoms with van der Waals surface area (Å²) in [5.41, 5.74) is 1.52. The zero-order chi connectivity index (χ0) is 15.3. The lowest BCUT2D eigenvalue weighted by molar-refractivity contribution is 0.199. The summed E-state index contributed by atoms with van der Waals surface area (Å²) in [5, 5.41) is 15.2. The lowest BCUT2D eigenvalue weighted by atomic mass is 9.81. The van der Waals surface area contributed by atoms with Crippen molar-refractivity contribution < 1.29 is 9.90 Å². The summed E-state index contributed by atoms with van der Waals surface area (Å²) in [4.78, 5) is 11.9. The first-order chi connectivity index (χ1) is 9.22. The van der Waals surface area contributed by atoms with E-state index in [2.05, 4.69) is 38.3 Å². The second kappa shape index (κ2) is 6.75. The Kier molecular flexibility index (Phi) is 5.57. The first-order valence-electron chi connectivity index (χ1n) is 7.05. The molecule has 1 aromatic carbocycles. The number of aliphatic hydroxyl groups is 1. The largest absolute Gasteiger partial charge is 0.389 e. The van der Waals surface area contributed by atoms with Crippen LogP contribution in [0.4, 0.5) is 10.5 Å². The smallest absolute Gasteiger partial charge is 0.319 e. The van der Waals surface area contributed by atoms with Crippen LogP contribution in [-0.4, -0.2) is 17.7 Å². The number of hydrogen-bond donors (Lipinski definition) is 3. The summed E-state index contributed by atoms with van der Waals surface area (Å²) >= 11 is 0. The predicted molar refractivity (Wildman–Crippen MR) is 82.7 cm³/mol. The van der Waals surface area contributed by atoms with Crippen LogP contribution in [0, 0.1) is 11.3 Å². The Hall–Kier alpha value is -1.55. The molecule has 0 bridgehead atoms. The van der Waals surface area contributed by atoms with Gasteiger partial charge in [-0.2, -0.15) is 0 Å². The Labute approximate surface area is 121 Å². The van der Waals surface area contributed by atoms with Crippen molar-refractivity contribution in [3.8, 4) is 0 Å². The van der Waals surface area contributed by atoms with Crippen LogP contribution in [0.3, 0.4) is 0 Å². The van der Waals surface area contributed by atoms with Gasteiger partial charge in [-0.3, -0.25) is 0 Å². The first-order valence-corrected chi connectivity index (χ1v) is 7.05. The summed E-state index contributed by atoms with van der Waals surface area (Å²) < 4.78 is 0. The normalized spacial score (nSPS) is 13.2. The van der Waals surface area contributed by atoms with E-state index in [-0.39, 0.29) is 11.4 Å². The van der Waals surface area contributed by atoms with Crippen LogP contribution in [0.2, 0.25) is 0 Å². The minimum atomic E-state index is -0.542. The van der Waals surface area contributed by atoms with Crippen LogP contribution in [0.25, 0.3) is 0 Å². The van der Waals surface area contributed by atoms with Crippen LogP contribution in [0.15, 0.2) is 24.3 Å². The third-order valence-electron chi connectivity index (χ3n) is 3.89. The maximum atomic E-state index is 11.9. The standard InChI is InChI=1S/C16H26N2O2/c1-11(2)16(4,5)10-17-15(20)18-14-8-6-7-13(9-14)12(3)19/h6-9,11-12,19H,10H2,1-5H3,(H2,17,18,20). The van der Waals surface area contributed by atoms with Gasteiger partial charge in [0.2, 0.25) is 0 Å². The van der Waals surface area contributed by atoms with Gasteiger partial charge in [0.15, 0.2) is 0 Å². The van der Waals surface area contributed by atoms with Gasteiger partial charge < -0.3 is 15.7 Å². The van der Waals surface area contributed by atoms with E-state index in [0.717, 1.165) is 5.56 Å². The molecule has 0 spiro atoms. The number of hydrogen-bond acceptors (Lipinski definition) is 2. The molecule has 4 nitrogen and oxygen atoms in total. The molecule has 0 aliphatic carbocycles. The van der Waals surface area contributed by atoms with E-state index < -0.39 is 6.10 Å². The number of carbonyl (C=O) groups is 1. The highest BCUT2D eigenvalue weighted by Gasteiger charge is 2.22. The van der Waals surface area contributed by atoms with Crippen molar-refractivity contribution in [1.82, 2.24) is 5.32 Å². The number of nitrogens with one attached hydrogen (secondary N) is 2. The molecule has 3 N–H and O–H groups in total. The molecule has 1 aromatic rings. The average molecular weight is 278 g/mol. The molecule has 0 aromatic heterocycles. The molecule has 0 fully saturated rings. The third-order valence-corrected chi connectivity index (χ3v) is 3.89. The van der Waals surface area contributed by atoms with E-state index >= 15 is 0 Å². The maximum Gasteiger partial charge on any atom is 0.319 e. The Morgan fingerprint density at radius 2 is 1.95 bits per heavy atom. The molecule has 0 saturated heterocycles. The number of amides is 2. The minimum absolute atomic E-state index is 0.0544. The Morgan fingerprint density at radius 3 is 2.50 bits per heavy atom. The van der Waals surface area contributed by atoms with Crippen molar-refractivity contribution in [1.29, 1.82) is 0 Å². The van der Waals surface area contributed by atoms with E-state index in [1.807, 2.05) is 12.1 Å². The molecular weight excluding hydrogens is 252 g/mol. The van der Waals surface area contributed by atoms with Gasteiger partial charge in [0.05, 0.1) is 6.10 Å². The van der Waals surface area contributed by atoms with Crippen LogP contribution < -0.4 is 10.6 Å². The van der Waals surface area contributed by atoms with Crippen LogP contribution in [0.5, 0.6) is 0 Å². The predicted octanol–water partition coefficient (Wildman–Crippen LogP) is 3.54. The monoisotopic (exact) mass is 278 g/mol. The van der Waals surface area contributed by atoms with E-state index in [0.29, 0.717) is 18.2 Å². The molecule has 0 aliphatic heterocycles. The van der Waals surface area contributed by atoms with Gasteiger partial charge in [0.1, 0.15) is 0 Å². The molecule has 0 saturated carbocycles. The fraction of sp³-hybridized carbons (Fsp3) is 0.562. The highest BCUT2D eigenvalue weighted by Crippen LogP contribution is 2.24. The summed E-state index contributed by atoms with van der Waals surface area (Å²) in [6.45, 7) is 10.9. The number of carbonyl (C=O) groups excluding carboxylic acids is 1. The van der Waals surface area contributed by atoms with E-state index in [4.69, 9.17) is 0 Å². The van der Waals surface area contributed by atoms with Gasteiger partial charge in [0, 0.05) is 12.2 Å². The van der Waals surface area contributed by atoms with Gasteiger partial charge in [0.25, 0.3) is 0 Å². The molecule has 1 unspecified atom stereocenters. The lowest BCUT2D eigenvalue weighted by Gasteiger charge is -2.29. The van der Waals surface area contributed by atoms with Gasteiger partial charge in [-0.1, -0.05) is 39.8 Å². The SMILES string of the molecule is CC(O)c1cccc(NC(=O)NCC(C)(C)C(C)C)c1. The molecule has 112 valence electrons. The number of aliphatic hydroxyl groups excluding tert-OH is 1. The van der Waals surface area contributed by atoms with E-state index in [9.17, 15) is 9.90 Å². The third kappa shape index (κ3) is 4.85. The number of benzene rings is 1. The molecule has 1 rings (SSSR count). The fourth-order valence-corrected chi connectivity index (χ4v) is 1.56. The summed E-state index contributed by atoms with van der Waals surface area (Å²) in [7, 11) is 0. The highest BCUT2D eigenvalue weighted by molar-refractivity contribution is 5.89. The second-order valence-electron chi connectivity index (χ2n) is 6.25. The molecule has 0 radical (unpaired) electrons. The topological polar surface area (TPSA) is 61.4 Å². The van der Waals surface area contributed by atoms with Crippen LogP contribution in [-0.2, 0) is 0 Å². The summed E-state index contributed by atoms with van der Waals surface area (Å²) in [5.74, 6) is 0.487. The minimum Gasteiger partial charge on any atom is -0.389 e. The van der Waals surface area contributed by atoms with Crippen molar-refractivity contribution in [2.45, 2.75) is 40.7 Å². The van der Waals surface area contributed by atoms with E-state index in [1.165, 1.54) is 0 Å². The first kappa shape index (κ1) is 16.5. The van der Waals surface area contributed by atoms with E-state index in [1.54, 1.807) is 19.1 Å². The van der Waals surface area contributed by atoms with Gasteiger partial charge in [-0.25, -0.2) is 4.79 Å². The Balaban J connectivity index is 2.57. The number of anilines is 1. The summed E-state index contributed by atoms with van der Waals surface area (Å²) in [6.07, 6.45) is -0.542. The number of rotatable bonds is 5. The molecule has 2 amide bonds. The highest BCUT2D eigenvalue weighted by atomic mass is 16.3. The van der Waals surface area contributed by atoms with Gasteiger partial charge in [-0.05, 0) is 36.0 Å². The van der Waals surface area contributed by atoms with Crippen molar-refractivity contribution in [2.24, 2.45) is 11.3 Å². The molecular formula is C16H26N2O2. The Morgan fingerprint density at radius 1 is 1.30 bits per heavy atom. The number of urea groups is 1. The van der Waals surface area contributed by atoms with Crippen LogP contribution >= 0.6 is 0 Å². The molecule has 20 heavy (non-hydrogen) atoms. The zero-order valence-corrected chi connectivity index (χ0v) is 13.0. The lowest BCUT2D eigenvalue weighted by Crippen LogP contribution is -2.39. The molecule has 0 heterocycles. The Bertz CT molecular complexity index is 454. The van der Waals surface area contributed by atoms with Gasteiger partial charge >= 0.3 is 6.03 Å². The van der Waals surface area contributed by atoms with Crippen molar-refractivity contribution in [3.05, 3.63) is 29.8 Å². The van der Waals surface area contributed by atoms with Crippen molar-refractivity contribution in [2.75, 3.05) is 11.9 Å².